The predicted molar refractivity (Wildman–Crippen MR) is 106 cm³/mol. The number of rotatable bonds is 6. The second-order valence-electron chi connectivity index (χ2n) is 5.61. The van der Waals surface area contributed by atoms with Gasteiger partial charge in [-0.3, -0.25) is 0 Å². The Balaban J connectivity index is 2.38. The molecule has 1 heteroatoms. The monoisotopic (exact) mass is 322 g/mol. The molecule has 120 valence electrons. The maximum atomic E-state index is 3.81. The Kier molecular flexibility index (Phi) is 7.84. The van der Waals surface area contributed by atoms with Crippen LogP contribution in [0.3, 0.4) is 0 Å². The Morgan fingerprint density at radius 3 is 2.74 bits per heavy atom. The van der Waals surface area contributed by atoms with Gasteiger partial charge in [-0.1, -0.05) is 72.9 Å². The van der Waals surface area contributed by atoms with E-state index in [9.17, 15) is 0 Å². The quantitative estimate of drug-likeness (QED) is 0.305. The molecule has 1 aliphatic carbocycles. The molecule has 2 rings (SSSR count). The fourth-order valence-electron chi connectivity index (χ4n) is 2.73. The third kappa shape index (κ3) is 5.48. The molecule has 0 saturated heterocycles. The molecule has 0 heterocycles. The molecule has 0 spiro atoms. The maximum absolute atomic E-state index is 3.81. The van der Waals surface area contributed by atoms with Crippen LogP contribution in [0.15, 0.2) is 90.1 Å². The molecule has 0 N–H and O–H groups in total. The summed E-state index contributed by atoms with van der Waals surface area (Å²) in [7, 11) is -0.433. The zero-order valence-corrected chi connectivity index (χ0v) is 15.0. The van der Waals surface area contributed by atoms with E-state index in [1.165, 1.54) is 29.9 Å². The summed E-state index contributed by atoms with van der Waals surface area (Å²) in [5.41, 5.74) is 0. The van der Waals surface area contributed by atoms with Gasteiger partial charge in [-0.2, -0.15) is 0 Å². The van der Waals surface area contributed by atoms with Crippen molar-refractivity contribution in [1.29, 1.82) is 0 Å². The number of benzene rings is 1. The van der Waals surface area contributed by atoms with E-state index in [1.807, 2.05) is 6.08 Å². The maximum Gasteiger partial charge on any atom is -0.00899 e. The van der Waals surface area contributed by atoms with Gasteiger partial charge in [0.25, 0.3) is 0 Å². The first-order valence-electron chi connectivity index (χ1n) is 8.49. The molecule has 0 nitrogen and oxygen atoms in total. The Morgan fingerprint density at radius 2 is 2.00 bits per heavy atom. The molecular weight excluding hydrogens is 295 g/mol. The highest BCUT2D eigenvalue weighted by Crippen LogP contribution is 2.53. The Bertz CT molecular complexity index is 602. The summed E-state index contributed by atoms with van der Waals surface area (Å²) >= 11 is 0. The molecule has 0 aliphatic heterocycles. The normalized spacial score (nSPS) is 21.1. The second kappa shape index (κ2) is 10.2. The smallest absolute Gasteiger partial charge is 0.00899 e. The van der Waals surface area contributed by atoms with E-state index in [0.717, 1.165) is 12.8 Å². The first kappa shape index (κ1) is 17.7. The molecule has 1 aliphatic rings. The predicted octanol–water partition coefficient (Wildman–Crippen LogP) is 6.84. The lowest BCUT2D eigenvalue weighted by molar-refractivity contribution is 0.854. The van der Waals surface area contributed by atoms with Gasteiger partial charge in [0.1, 0.15) is 0 Å². The number of allylic oxidation sites excluding steroid dienone is 9. The topological polar surface area (TPSA) is 0 Å². The second-order valence-corrected chi connectivity index (χ2v) is 7.89. The molecule has 1 aromatic carbocycles. The first-order chi connectivity index (χ1) is 11.4. The lowest BCUT2D eigenvalue weighted by Crippen LogP contribution is -2.03. The highest BCUT2D eigenvalue weighted by atomic mass is 31.1. The van der Waals surface area contributed by atoms with Crippen LogP contribution < -0.4 is 5.30 Å². The average Bonchev–Trinajstić information content (AvgIpc) is 2.56. The lowest BCUT2D eigenvalue weighted by atomic mass is 10.1. The minimum atomic E-state index is -0.433. The molecule has 23 heavy (non-hydrogen) atoms. The Hall–Kier alpha value is -1.65. The van der Waals surface area contributed by atoms with Crippen molar-refractivity contribution in [1.82, 2.24) is 0 Å². The lowest BCUT2D eigenvalue weighted by Gasteiger charge is -2.23. The van der Waals surface area contributed by atoms with E-state index in [-0.39, 0.29) is 0 Å². The van der Waals surface area contributed by atoms with Crippen LogP contribution in [0.1, 0.15) is 39.0 Å². The molecule has 0 amide bonds. The van der Waals surface area contributed by atoms with E-state index in [1.54, 1.807) is 5.31 Å². The summed E-state index contributed by atoms with van der Waals surface area (Å²) in [6, 6.07) is 11.0. The molecule has 0 bridgehead atoms. The Labute approximate surface area is 142 Å². The van der Waals surface area contributed by atoms with Crippen molar-refractivity contribution in [2.75, 3.05) is 0 Å². The van der Waals surface area contributed by atoms with E-state index < -0.39 is 7.92 Å². The van der Waals surface area contributed by atoms with Crippen molar-refractivity contribution >= 4 is 13.2 Å². The van der Waals surface area contributed by atoms with Crippen LogP contribution in [0.2, 0.25) is 0 Å². The van der Waals surface area contributed by atoms with Crippen LogP contribution in [-0.4, -0.2) is 0 Å². The van der Waals surface area contributed by atoms with Crippen molar-refractivity contribution in [3.8, 4) is 0 Å². The van der Waals surface area contributed by atoms with Gasteiger partial charge in [0, 0.05) is 0 Å². The summed E-state index contributed by atoms with van der Waals surface area (Å²) in [6.45, 7) is 5.97. The van der Waals surface area contributed by atoms with Crippen LogP contribution in [0, 0.1) is 0 Å². The Morgan fingerprint density at radius 1 is 1.17 bits per heavy atom. The third-order valence-corrected chi connectivity index (χ3v) is 6.57. The fraction of sp³-hybridized carbons (Fsp3) is 0.273. The number of hydrogen-bond acceptors (Lipinski definition) is 0. The van der Waals surface area contributed by atoms with Gasteiger partial charge in [0.05, 0.1) is 0 Å². The van der Waals surface area contributed by atoms with Gasteiger partial charge < -0.3 is 0 Å². The molecule has 0 aromatic heterocycles. The van der Waals surface area contributed by atoms with E-state index in [0.29, 0.717) is 0 Å². The van der Waals surface area contributed by atoms with E-state index >= 15 is 0 Å². The van der Waals surface area contributed by atoms with E-state index in [2.05, 4.69) is 80.3 Å². The third-order valence-electron chi connectivity index (χ3n) is 3.90. The molecule has 0 fully saturated rings. The summed E-state index contributed by atoms with van der Waals surface area (Å²) < 4.78 is 0. The van der Waals surface area contributed by atoms with Crippen LogP contribution >= 0.6 is 7.92 Å². The fourth-order valence-corrected chi connectivity index (χ4v) is 5.28. The van der Waals surface area contributed by atoms with Gasteiger partial charge in [0.2, 0.25) is 0 Å². The highest BCUT2D eigenvalue weighted by molar-refractivity contribution is 7.73. The van der Waals surface area contributed by atoms with Crippen molar-refractivity contribution in [3.05, 3.63) is 90.1 Å². The van der Waals surface area contributed by atoms with Gasteiger partial charge in [-0.15, -0.1) is 6.58 Å². The SMILES string of the molecule is C=CC/C=C\C(=C/C)P(/C1=C/CCC/C=C\C1)c1ccccc1. The first-order valence-corrected chi connectivity index (χ1v) is 9.84. The molecule has 1 aromatic rings. The molecular formula is C22H27P. The summed E-state index contributed by atoms with van der Waals surface area (Å²) in [5, 5.41) is 4.46. The molecule has 0 saturated carbocycles. The summed E-state index contributed by atoms with van der Waals surface area (Å²) in [4.78, 5) is 0. The van der Waals surface area contributed by atoms with Crippen LogP contribution in [-0.2, 0) is 0 Å². The van der Waals surface area contributed by atoms with Gasteiger partial charge in [-0.25, -0.2) is 0 Å². The van der Waals surface area contributed by atoms with Crippen molar-refractivity contribution in [3.63, 3.8) is 0 Å². The van der Waals surface area contributed by atoms with Crippen molar-refractivity contribution < 1.29 is 0 Å². The minimum Gasteiger partial charge on any atom is -0.103 e. The average molecular weight is 322 g/mol. The van der Waals surface area contributed by atoms with Crippen LogP contribution in [0.5, 0.6) is 0 Å². The molecule has 1 atom stereocenters. The van der Waals surface area contributed by atoms with E-state index in [4.69, 9.17) is 0 Å². The minimum absolute atomic E-state index is 0.433. The summed E-state index contributed by atoms with van der Waals surface area (Å²) in [6.07, 6.45) is 21.6. The standard InChI is InChI=1S/C22H27P/c1-3-5-10-15-20(4-2)23(22-18-13-9-14-19-22)21-16-11-7-6-8-12-17-21/h3-4,7,9-11,13-15,17-19H,1,5-6,8,12,16H2,2H3/b11-7-,15-10-,20-4+,21-17+. The van der Waals surface area contributed by atoms with Gasteiger partial charge >= 0.3 is 0 Å². The van der Waals surface area contributed by atoms with Crippen LogP contribution in [0.25, 0.3) is 0 Å². The summed E-state index contributed by atoms with van der Waals surface area (Å²) in [5.74, 6) is 0. The number of hydrogen-bond donors (Lipinski definition) is 0. The van der Waals surface area contributed by atoms with Crippen LogP contribution in [0.4, 0.5) is 0 Å². The van der Waals surface area contributed by atoms with Crippen molar-refractivity contribution in [2.45, 2.75) is 39.0 Å². The molecule has 1 unspecified atom stereocenters. The van der Waals surface area contributed by atoms with Gasteiger partial charge in [0.15, 0.2) is 0 Å². The van der Waals surface area contributed by atoms with Gasteiger partial charge in [-0.05, 0) is 62.9 Å². The zero-order chi connectivity index (χ0) is 16.3. The zero-order valence-electron chi connectivity index (χ0n) is 14.1. The largest absolute Gasteiger partial charge is 0.103 e. The van der Waals surface area contributed by atoms with Crippen molar-refractivity contribution in [2.24, 2.45) is 0 Å². The molecule has 0 radical (unpaired) electrons. The highest BCUT2D eigenvalue weighted by Gasteiger charge is 2.18.